The summed E-state index contributed by atoms with van der Waals surface area (Å²) in [7, 11) is 0. The lowest BCUT2D eigenvalue weighted by Crippen LogP contribution is -1.96. The number of hydrogen-bond acceptors (Lipinski definition) is 1. The smallest absolute Gasteiger partial charge is 0.0198 e. The van der Waals surface area contributed by atoms with Gasteiger partial charge in [0.15, 0.2) is 0 Å². The van der Waals surface area contributed by atoms with Gasteiger partial charge in [-0.1, -0.05) is 31.2 Å². The largest absolute Gasteiger partial charge is 0.344 e. The molecule has 1 nitrogen and oxygen atoms in total. The first kappa shape index (κ1) is 12.9. The first-order valence-corrected chi connectivity index (χ1v) is 4.82. The average molecular weight is 191 g/mol. The molecule has 0 aromatic heterocycles. The van der Waals surface area contributed by atoms with Crippen LogP contribution in [-0.2, 0) is 6.42 Å². The second-order valence-corrected chi connectivity index (χ2v) is 3.67. The van der Waals surface area contributed by atoms with E-state index in [1.54, 1.807) is 0 Å². The first-order chi connectivity index (χ1) is 6.07. The summed E-state index contributed by atoms with van der Waals surface area (Å²) < 4.78 is 0. The molecule has 1 aromatic carbocycles. The van der Waals surface area contributed by atoms with Gasteiger partial charge in [0.2, 0.25) is 0 Å². The number of hydrogen-bond donors (Lipinski definition) is 1. The topological polar surface area (TPSA) is 35.0 Å². The second-order valence-electron chi connectivity index (χ2n) is 3.67. The maximum Gasteiger partial charge on any atom is -0.0198 e. The monoisotopic (exact) mass is 191 g/mol. The predicted octanol–water partition coefficient (Wildman–Crippen LogP) is 4.06. The van der Waals surface area contributed by atoms with Crippen LogP contribution in [0.5, 0.6) is 0 Å². The Bertz CT molecular complexity index is 337. The Morgan fingerprint density at radius 3 is 2.29 bits per heavy atom. The van der Waals surface area contributed by atoms with Crippen LogP contribution in [0, 0.1) is 13.8 Å². The summed E-state index contributed by atoms with van der Waals surface area (Å²) >= 11 is 0. The third-order valence-electron chi connectivity index (χ3n) is 2.68. The molecule has 1 heteroatoms. The quantitative estimate of drug-likeness (QED) is 0.751. The van der Waals surface area contributed by atoms with Gasteiger partial charge in [0.1, 0.15) is 0 Å². The van der Waals surface area contributed by atoms with Crippen molar-refractivity contribution in [2.24, 2.45) is 0 Å². The molecule has 0 saturated carbocycles. The molecule has 0 radical (unpaired) electrons. The van der Waals surface area contributed by atoms with Crippen LogP contribution in [0.4, 0.5) is 0 Å². The Hall–Kier alpha value is -1.08. The van der Waals surface area contributed by atoms with Crippen LogP contribution >= 0.6 is 0 Å². The van der Waals surface area contributed by atoms with Crippen LogP contribution < -0.4 is 6.15 Å². The summed E-state index contributed by atoms with van der Waals surface area (Å²) in [4.78, 5) is 0. The van der Waals surface area contributed by atoms with E-state index in [9.17, 15) is 0 Å². The van der Waals surface area contributed by atoms with Crippen LogP contribution in [0.2, 0.25) is 0 Å². The highest BCUT2D eigenvalue weighted by molar-refractivity contribution is 5.66. The Morgan fingerprint density at radius 2 is 1.86 bits per heavy atom. The van der Waals surface area contributed by atoms with Gasteiger partial charge in [-0.3, -0.25) is 0 Å². The molecule has 3 N–H and O–H groups in total. The van der Waals surface area contributed by atoms with E-state index < -0.39 is 0 Å². The number of rotatable bonds is 2. The zero-order valence-corrected chi connectivity index (χ0v) is 9.78. The molecule has 0 aliphatic heterocycles. The minimum Gasteiger partial charge on any atom is -0.344 e. The van der Waals surface area contributed by atoms with Gasteiger partial charge in [-0.2, -0.15) is 0 Å². The lowest BCUT2D eigenvalue weighted by atomic mass is 9.93. The fourth-order valence-electron chi connectivity index (χ4n) is 1.73. The maximum absolute atomic E-state index is 4.00. The number of benzene rings is 1. The zero-order chi connectivity index (χ0) is 10.0. The highest BCUT2D eigenvalue weighted by Gasteiger charge is 2.05. The maximum atomic E-state index is 4.00. The Kier molecular flexibility index (Phi) is 4.58. The van der Waals surface area contributed by atoms with Crippen LogP contribution in [0.25, 0.3) is 5.57 Å². The van der Waals surface area contributed by atoms with Crippen LogP contribution in [0.3, 0.4) is 0 Å². The normalized spacial score (nSPS) is 9.43. The van der Waals surface area contributed by atoms with Crippen molar-refractivity contribution in [2.45, 2.75) is 34.1 Å². The number of aryl methyl sites for hydroxylation is 1. The summed E-state index contributed by atoms with van der Waals surface area (Å²) in [5.41, 5.74) is 6.74. The first-order valence-electron chi connectivity index (χ1n) is 4.82. The van der Waals surface area contributed by atoms with Crippen molar-refractivity contribution in [3.63, 3.8) is 0 Å². The van der Waals surface area contributed by atoms with Crippen molar-refractivity contribution in [1.29, 1.82) is 0 Å². The van der Waals surface area contributed by atoms with E-state index in [4.69, 9.17) is 0 Å². The van der Waals surface area contributed by atoms with Gasteiger partial charge in [-0.25, -0.2) is 0 Å². The zero-order valence-electron chi connectivity index (χ0n) is 9.78. The third kappa shape index (κ3) is 2.24. The van der Waals surface area contributed by atoms with E-state index >= 15 is 0 Å². The molecule has 0 aliphatic carbocycles. The van der Waals surface area contributed by atoms with Gasteiger partial charge < -0.3 is 6.15 Å². The molecule has 1 aromatic rings. The van der Waals surface area contributed by atoms with Crippen molar-refractivity contribution in [3.8, 4) is 0 Å². The van der Waals surface area contributed by atoms with Crippen molar-refractivity contribution in [3.05, 3.63) is 41.0 Å². The molecule has 78 valence electrons. The second kappa shape index (κ2) is 4.97. The third-order valence-corrected chi connectivity index (χ3v) is 2.68. The van der Waals surface area contributed by atoms with Gasteiger partial charge in [-0.15, -0.1) is 0 Å². The predicted molar refractivity (Wildman–Crippen MR) is 65.0 cm³/mol. The molecular weight excluding hydrogens is 170 g/mol. The van der Waals surface area contributed by atoms with E-state index in [-0.39, 0.29) is 6.15 Å². The van der Waals surface area contributed by atoms with Crippen molar-refractivity contribution < 1.29 is 0 Å². The lowest BCUT2D eigenvalue weighted by molar-refractivity contribution is 1.08. The summed E-state index contributed by atoms with van der Waals surface area (Å²) in [6.45, 7) is 12.6. The van der Waals surface area contributed by atoms with Crippen molar-refractivity contribution in [2.75, 3.05) is 0 Å². The highest BCUT2D eigenvalue weighted by atomic mass is 14.1. The fraction of sp³-hybridized carbons (Fsp3) is 0.385. The molecule has 1 rings (SSSR count). The molecule has 0 fully saturated rings. The average Bonchev–Trinajstić information content (AvgIpc) is 2.09. The summed E-state index contributed by atoms with van der Waals surface area (Å²) in [5, 5.41) is 0. The Morgan fingerprint density at radius 1 is 1.29 bits per heavy atom. The van der Waals surface area contributed by atoms with Gasteiger partial charge in [-0.05, 0) is 49.4 Å². The highest BCUT2D eigenvalue weighted by Crippen LogP contribution is 2.23. The van der Waals surface area contributed by atoms with Gasteiger partial charge >= 0.3 is 0 Å². The SMILES string of the molecule is C=C(C)c1ccc(C)c(C)c1CC.N. The molecule has 0 spiro atoms. The molecule has 0 amide bonds. The van der Waals surface area contributed by atoms with E-state index in [1.807, 2.05) is 0 Å². The van der Waals surface area contributed by atoms with Crippen molar-refractivity contribution >= 4 is 5.57 Å². The Labute approximate surface area is 87.4 Å². The minimum absolute atomic E-state index is 0. The lowest BCUT2D eigenvalue weighted by Gasteiger charge is -2.12. The molecule has 0 saturated heterocycles. The fourth-order valence-corrected chi connectivity index (χ4v) is 1.73. The van der Waals surface area contributed by atoms with Gasteiger partial charge in [0.05, 0.1) is 0 Å². The summed E-state index contributed by atoms with van der Waals surface area (Å²) in [5.74, 6) is 0. The molecule has 0 bridgehead atoms. The van der Waals surface area contributed by atoms with E-state index in [0.717, 1.165) is 6.42 Å². The number of allylic oxidation sites excluding steroid dienone is 1. The van der Waals surface area contributed by atoms with Crippen LogP contribution in [0.1, 0.15) is 36.1 Å². The van der Waals surface area contributed by atoms with E-state index in [1.165, 1.54) is 27.8 Å². The molecule has 0 unspecified atom stereocenters. The summed E-state index contributed by atoms with van der Waals surface area (Å²) in [6, 6.07) is 4.36. The van der Waals surface area contributed by atoms with E-state index in [2.05, 4.69) is 46.4 Å². The van der Waals surface area contributed by atoms with E-state index in [0.29, 0.717) is 0 Å². The van der Waals surface area contributed by atoms with Gasteiger partial charge in [0.25, 0.3) is 0 Å². The van der Waals surface area contributed by atoms with Crippen LogP contribution in [-0.4, -0.2) is 0 Å². The standard InChI is InChI=1S/C13H18.H3N/c1-6-12-11(5)10(4)7-8-13(12)9(2)3;/h7-8H,2,6H2,1,3-5H3;1H3. The van der Waals surface area contributed by atoms with Crippen LogP contribution in [0.15, 0.2) is 18.7 Å². The minimum atomic E-state index is 0. The summed E-state index contributed by atoms with van der Waals surface area (Å²) in [6.07, 6.45) is 1.09. The molecule has 0 aliphatic rings. The Balaban J connectivity index is 0.00000169. The molecule has 0 heterocycles. The van der Waals surface area contributed by atoms with Crippen molar-refractivity contribution in [1.82, 2.24) is 6.15 Å². The molecule has 0 atom stereocenters. The van der Waals surface area contributed by atoms with Gasteiger partial charge in [0, 0.05) is 0 Å². The molecule has 14 heavy (non-hydrogen) atoms. The molecular formula is C13H21N.